The molecule has 1 unspecified atom stereocenters. The summed E-state index contributed by atoms with van der Waals surface area (Å²) in [5.41, 5.74) is 2.92. The SMILES string of the molecule is COCCCCOc1ccc([C@H]2[C@H](O[Si](C(C)C)(C(C)C)C(C)C)CN(C(=O)O)C(Cc3ccccc3)[C@@H]2O)cc1. The van der Waals surface area contributed by atoms with Gasteiger partial charge >= 0.3 is 6.09 Å². The molecule has 1 saturated heterocycles. The summed E-state index contributed by atoms with van der Waals surface area (Å²) in [6.07, 6.45) is -0.151. The van der Waals surface area contributed by atoms with Crippen LogP contribution in [0.1, 0.15) is 71.4 Å². The van der Waals surface area contributed by atoms with E-state index in [1.807, 2.05) is 54.6 Å². The first-order valence-electron chi connectivity index (χ1n) is 15.1. The van der Waals surface area contributed by atoms with Gasteiger partial charge in [-0.1, -0.05) is 84.0 Å². The lowest BCUT2D eigenvalue weighted by Crippen LogP contribution is -2.63. The molecule has 1 aliphatic heterocycles. The lowest BCUT2D eigenvalue weighted by molar-refractivity contribution is -0.0548. The number of benzene rings is 2. The molecule has 1 aliphatic rings. The number of piperidine rings is 1. The molecule has 0 bridgehead atoms. The average Bonchev–Trinajstić information content (AvgIpc) is 2.93. The third kappa shape index (κ3) is 7.92. The molecule has 1 fully saturated rings. The normalized spacial score (nSPS) is 21.6. The maximum Gasteiger partial charge on any atom is 0.407 e. The van der Waals surface area contributed by atoms with Crippen molar-refractivity contribution in [3.05, 3.63) is 65.7 Å². The zero-order valence-corrected chi connectivity index (χ0v) is 27.0. The van der Waals surface area contributed by atoms with Crippen molar-refractivity contribution in [2.24, 2.45) is 0 Å². The van der Waals surface area contributed by atoms with Gasteiger partial charge in [0.15, 0.2) is 0 Å². The van der Waals surface area contributed by atoms with E-state index in [0.717, 1.165) is 29.7 Å². The molecular weight excluding hydrogens is 534 g/mol. The number of likely N-dealkylation sites (tertiary alicyclic amines) is 1. The summed E-state index contributed by atoms with van der Waals surface area (Å²) in [5.74, 6) is 0.399. The maximum absolute atomic E-state index is 12.6. The number of hydrogen-bond donors (Lipinski definition) is 2. The molecule has 4 atom stereocenters. The quantitative estimate of drug-likeness (QED) is 0.182. The van der Waals surface area contributed by atoms with E-state index in [1.54, 1.807) is 7.11 Å². The Kier molecular flexibility index (Phi) is 12.3. The summed E-state index contributed by atoms with van der Waals surface area (Å²) < 4.78 is 18.3. The van der Waals surface area contributed by atoms with Gasteiger partial charge < -0.3 is 24.1 Å². The number of hydrogen-bond acceptors (Lipinski definition) is 5. The van der Waals surface area contributed by atoms with Crippen LogP contribution in [0.25, 0.3) is 0 Å². The van der Waals surface area contributed by atoms with Crippen LogP contribution in [0.3, 0.4) is 0 Å². The molecule has 1 heterocycles. The molecule has 0 saturated carbocycles. The molecule has 0 radical (unpaired) electrons. The molecular formula is C33H51NO6Si. The summed E-state index contributed by atoms with van der Waals surface area (Å²) in [4.78, 5) is 14.0. The van der Waals surface area contributed by atoms with Crippen LogP contribution in [-0.2, 0) is 15.6 Å². The molecule has 2 aromatic rings. The number of carboxylic acid groups (broad SMARTS) is 1. The number of rotatable bonds is 14. The zero-order chi connectivity index (χ0) is 30.2. The summed E-state index contributed by atoms with van der Waals surface area (Å²) in [6.45, 7) is 14.9. The van der Waals surface area contributed by atoms with Crippen LogP contribution < -0.4 is 4.74 Å². The monoisotopic (exact) mass is 585 g/mol. The fraction of sp³-hybridized carbons (Fsp3) is 0.606. The number of unbranched alkanes of at least 4 members (excludes halogenated alkanes) is 1. The second-order valence-corrected chi connectivity index (χ2v) is 17.7. The number of amides is 1. The third-order valence-electron chi connectivity index (χ3n) is 8.81. The zero-order valence-electron chi connectivity index (χ0n) is 26.0. The maximum atomic E-state index is 12.6. The van der Waals surface area contributed by atoms with Crippen molar-refractivity contribution in [1.29, 1.82) is 0 Å². The smallest absolute Gasteiger partial charge is 0.407 e. The average molecular weight is 586 g/mol. The largest absolute Gasteiger partial charge is 0.494 e. The van der Waals surface area contributed by atoms with Crippen molar-refractivity contribution in [2.75, 3.05) is 26.9 Å². The molecule has 2 aromatic carbocycles. The first-order chi connectivity index (χ1) is 19.5. The van der Waals surface area contributed by atoms with E-state index in [9.17, 15) is 15.0 Å². The molecule has 3 rings (SSSR count). The fourth-order valence-corrected chi connectivity index (χ4v) is 12.5. The Morgan fingerprint density at radius 1 is 0.927 bits per heavy atom. The molecule has 1 amide bonds. The molecule has 0 spiro atoms. The first kappa shape index (κ1) is 33.1. The summed E-state index contributed by atoms with van der Waals surface area (Å²) in [6, 6.07) is 17.1. The second-order valence-electron chi connectivity index (χ2n) is 12.3. The van der Waals surface area contributed by atoms with E-state index in [4.69, 9.17) is 13.9 Å². The van der Waals surface area contributed by atoms with Gasteiger partial charge in [0.25, 0.3) is 0 Å². The van der Waals surface area contributed by atoms with Crippen molar-refractivity contribution in [3.8, 4) is 5.75 Å². The van der Waals surface area contributed by atoms with Crippen LogP contribution in [0.4, 0.5) is 4.79 Å². The van der Waals surface area contributed by atoms with Crippen LogP contribution in [-0.4, -0.2) is 74.6 Å². The van der Waals surface area contributed by atoms with Gasteiger partial charge in [-0.25, -0.2) is 4.79 Å². The lowest BCUT2D eigenvalue weighted by atomic mass is 9.79. The van der Waals surface area contributed by atoms with Gasteiger partial charge in [0.2, 0.25) is 8.32 Å². The van der Waals surface area contributed by atoms with Gasteiger partial charge in [0, 0.05) is 19.6 Å². The van der Waals surface area contributed by atoms with Gasteiger partial charge in [0.1, 0.15) is 5.75 Å². The van der Waals surface area contributed by atoms with E-state index < -0.39 is 32.7 Å². The van der Waals surface area contributed by atoms with Crippen molar-refractivity contribution >= 4 is 14.4 Å². The number of nitrogens with zero attached hydrogens (tertiary/aromatic N) is 1. The molecule has 7 nitrogen and oxygen atoms in total. The molecule has 0 aliphatic carbocycles. The van der Waals surface area contributed by atoms with Crippen molar-refractivity contribution < 1.29 is 28.9 Å². The summed E-state index contributed by atoms with van der Waals surface area (Å²) in [7, 11) is -0.684. The van der Waals surface area contributed by atoms with Crippen LogP contribution in [0.5, 0.6) is 5.75 Å². The Hall–Kier alpha value is -2.39. The summed E-state index contributed by atoms with van der Waals surface area (Å²) in [5, 5.41) is 22.4. The highest BCUT2D eigenvalue weighted by Crippen LogP contribution is 2.46. The number of ether oxygens (including phenoxy) is 2. The minimum atomic E-state index is -2.39. The van der Waals surface area contributed by atoms with E-state index >= 15 is 0 Å². The third-order valence-corrected chi connectivity index (χ3v) is 14.9. The predicted octanol–water partition coefficient (Wildman–Crippen LogP) is 7.10. The van der Waals surface area contributed by atoms with Crippen molar-refractivity contribution in [1.82, 2.24) is 4.90 Å². The van der Waals surface area contributed by atoms with E-state index in [-0.39, 0.29) is 12.5 Å². The standard InChI is InChI=1S/C33H51NO6Si/c1-23(2)41(24(3)4,25(5)6)40-30-22-34(33(36)37)29(21-26-13-9-8-10-14-26)32(35)31(30)27-15-17-28(18-16-27)39-20-12-11-19-38-7/h8-10,13-18,23-25,29-32,35H,11-12,19-22H2,1-7H3,(H,36,37)/t29?,30-,31+,32+/m1/s1. The Balaban J connectivity index is 1.99. The minimum absolute atomic E-state index is 0.215. The van der Waals surface area contributed by atoms with Crippen molar-refractivity contribution in [2.45, 2.75) is 102 Å². The topological polar surface area (TPSA) is 88.5 Å². The van der Waals surface area contributed by atoms with Gasteiger partial charge in [-0.2, -0.15) is 0 Å². The molecule has 228 valence electrons. The Bertz CT molecular complexity index is 1040. The molecule has 2 N–H and O–H groups in total. The highest BCUT2D eigenvalue weighted by atomic mass is 28.4. The Morgan fingerprint density at radius 2 is 1.51 bits per heavy atom. The second kappa shape index (κ2) is 15.2. The summed E-state index contributed by atoms with van der Waals surface area (Å²) >= 11 is 0. The minimum Gasteiger partial charge on any atom is -0.494 e. The van der Waals surface area contributed by atoms with Crippen LogP contribution in [0, 0.1) is 0 Å². The molecule has 8 heteroatoms. The van der Waals surface area contributed by atoms with Crippen LogP contribution in [0.2, 0.25) is 16.6 Å². The highest BCUT2D eigenvalue weighted by molar-refractivity contribution is 6.77. The number of aliphatic hydroxyl groups excluding tert-OH is 1. The van der Waals surface area contributed by atoms with Gasteiger partial charge in [-0.05, 0) is 59.1 Å². The van der Waals surface area contributed by atoms with E-state index in [2.05, 4.69) is 41.5 Å². The van der Waals surface area contributed by atoms with Crippen molar-refractivity contribution in [3.63, 3.8) is 0 Å². The number of methoxy groups -OCH3 is 1. The predicted molar refractivity (Wildman–Crippen MR) is 166 cm³/mol. The van der Waals surface area contributed by atoms with Crippen LogP contribution in [0.15, 0.2) is 54.6 Å². The highest BCUT2D eigenvalue weighted by Gasteiger charge is 2.52. The fourth-order valence-electron chi connectivity index (χ4n) is 6.91. The van der Waals surface area contributed by atoms with Crippen LogP contribution >= 0.6 is 0 Å². The van der Waals surface area contributed by atoms with Gasteiger partial charge in [-0.15, -0.1) is 0 Å². The first-order valence-corrected chi connectivity index (χ1v) is 17.3. The van der Waals surface area contributed by atoms with E-state index in [0.29, 0.717) is 36.3 Å². The number of carbonyl (C=O) groups is 1. The molecule has 41 heavy (non-hydrogen) atoms. The van der Waals surface area contributed by atoms with Gasteiger partial charge in [-0.3, -0.25) is 4.90 Å². The number of aliphatic hydroxyl groups is 1. The Morgan fingerprint density at radius 3 is 2.05 bits per heavy atom. The van der Waals surface area contributed by atoms with E-state index in [1.165, 1.54) is 4.90 Å². The lowest BCUT2D eigenvalue weighted by Gasteiger charge is -2.52. The Labute approximate surface area is 248 Å². The molecule has 0 aromatic heterocycles. The van der Waals surface area contributed by atoms with Gasteiger partial charge in [0.05, 0.1) is 31.4 Å².